The Morgan fingerprint density at radius 3 is 2.35 bits per heavy atom. The second kappa shape index (κ2) is 9.19. The highest BCUT2D eigenvalue weighted by Crippen LogP contribution is 2.13. The van der Waals surface area contributed by atoms with Crippen molar-refractivity contribution in [3.05, 3.63) is 29.8 Å². The van der Waals surface area contributed by atoms with Crippen LogP contribution in [-0.4, -0.2) is 39.9 Å². The third-order valence-corrected chi connectivity index (χ3v) is 4.33. The van der Waals surface area contributed by atoms with E-state index in [1.165, 1.54) is 0 Å². The normalized spacial score (nSPS) is 13.0. The van der Waals surface area contributed by atoms with Crippen LogP contribution < -0.4 is 10.6 Å². The summed E-state index contributed by atoms with van der Waals surface area (Å²) in [5, 5.41) is 13.6. The number of thioether (sulfide) groups is 1. The van der Waals surface area contributed by atoms with Crippen LogP contribution in [0.3, 0.4) is 0 Å². The smallest absolute Gasteiger partial charge is 0.326 e. The number of aryl methyl sites for hydroxylation is 1. The number of amides is 2. The Balaban J connectivity index is 2.40. The molecule has 0 aliphatic carbocycles. The van der Waals surface area contributed by atoms with Gasteiger partial charge in [0.05, 0.1) is 11.0 Å². The van der Waals surface area contributed by atoms with E-state index in [0.717, 1.165) is 17.3 Å². The van der Waals surface area contributed by atoms with Crippen molar-refractivity contribution in [3.8, 4) is 0 Å². The van der Waals surface area contributed by atoms with Crippen molar-refractivity contribution >= 4 is 35.2 Å². The predicted molar refractivity (Wildman–Crippen MR) is 91.6 cm³/mol. The summed E-state index contributed by atoms with van der Waals surface area (Å²) >= 11 is 1.16. The SMILES string of the molecule is CCC(NC(=O)C(C)SCC(=O)Nc1ccc(C)cc1)C(=O)O. The Morgan fingerprint density at radius 2 is 1.83 bits per heavy atom. The molecule has 0 saturated carbocycles. The first-order valence-corrected chi connectivity index (χ1v) is 8.39. The Bertz CT molecular complexity index is 560. The van der Waals surface area contributed by atoms with E-state index in [1.54, 1.807) is 13.8 Å². The van der Waals surface area contributed by atoms with Crippen molar-refractivity contribution in [2.75, 3.05) is 11.1 Å². The summed E-state index contributed by atoms with van der Waals surface area (Å²) in [5.41, 5.74) is 1.81. The summed E-state index contributed by atoms with van der Waals surface area (Å²) in [6, 6.07) is 6.52. The van der Waals surface area contributed by atoms with Crippen LogP contribution in [0.1, 0.15) is 25.8 Å². The number of carboxylic acids is 1. The lowest BCUT2D eigenvalue weighted by Gasteiger charge is -2.16. The summed E-state index contributed by atoms with van der Waals surface area (Å²) in [5.74, 6) is -1.53. The van der Waals surface area contributed by atoms with Crippen LogP contribution >= 0.6 is 11.8 Å². The molecule has 3 N–H and O–H groups in total. The molecule has 0 bridgehead atoms. The minimum Gasteiger partial charge on any atom is -0.480 e. The Labute approximate surface area is 140 Å². The second-order valence-corrected chi connectivity index (χ2v) is 6.50. The summed E-state index contributed by atoms with van der Waals surface area (Å²) in [6.45, 7) is 5.29. The van der Waals surface area contributed by atoms with Crippen LogP contribution in [0.15, 0.2) is 24.3 Å². The number of aliphatic carboxylic acids is 1. The highest BCUT2D eigenvalue weighted by molar-refractivity contribution is 8.01. The van der Waals surface area contributed by atoms with Crippen LogP contribution in [-0.2, 0) is 14.4 Å². The molecule has 23 heavy (non-hydrogen) atoms. The van der Waals surface area contributed by atoms with Gasteiger partial charge in [-0.05, 0) is 32.4 Å². The van der Waals surface area contributed by atoms with Gasteiger partial charge in [0.2, 0.25) is 11.8 Å². The summed E-state index contributed by atoms with van der Waals surface area (Å²) < 4.78 is 0. The number of carbonyl (C=O) groups is 3. The van der Waals surface area contributed by atoms with Gasteiger partial charge in [-0.1, -0.05) is 24.6 Å². The van der Waals surface area contributed by atoms with Crippen molar-refractivity contribution < 1.29 is 19.5 Å². The van der Waals surface area contributed by atoms with Gasteiger partial charge in [0.15, 0.2) is 0 Å². The number of anilines is 1. The molecule has 6 nitrogen and oxygen atoms in total. The molecule has 0 spiro atoms. The number of rotatable bonds is 8. The van der Waals surface area contributed by atoms with Gasteiger partial charge in [-0.25, -0.2) is 4.79 Å². The lowest BCUT2D eigenvalue weighted by molar-refractivity contribution is -0.141. The number of hydrogen-bond donors (Lipinski definition) is 3. The molecule has 0 heterocycles. The largest absolute Gasteiger partial charge is 0.480 e. The molecule has 1 aromatic carbocycles. The van der Waals surface area contributed by atoms with E-state index >= 15 is 0 Å². The van der Waals surface area contributed by atoms with Crippen molar-refractivity contribution in [3.63, 3.8) is 0 Å². The molecule has 126 valence electrons. The van der Waals surface area contributed by atoms with Crippen LogP contribution in [0.2, 0.25) is 0 Å². The molecule has 0 aliphatic heterocycles. The van der Waals surface area contributed by atoms with Gasteiger partial charge in [-0.15, -0.1) is 11.8 Å². The molecule has 2 atom stereocenters. The fourth-order valence-electron chi connectivity index (χ4n) is 1.74. The van der Waals surface area contributed by atoms with Crippen LogP contribution in [0.25, 0.3) is 0 Å². The first-order chi connectivity index (χ1) is 10.8. The van der Waals surface area contributed by atoms with Gasteiger partial charge in [0.1, 0.15) is 6.04 Å². The first-order valence-electron chi connectivity index (χ1n) is 7.34. The monoisotopic (exact) mass is 338 g/mol. The quantitative estimate of drug-likeness (QED) is 0.674. The van der Waals surface area contributed by atoms with Gasteiger partial charge < -0.3 is 15.7 Å². The number of benzene rings is 1. The molecule has 0 aliphatic rings. The van der Waals surface area contributed by atoms with Gasteiger partial charge in [-0.2, -0.15) is 0 Å². The summed E-state index contributed by atoms with van der Waals surface area (Å²) in [6.07, 6.45) is 0.312. The molecule has 0 fully saturated rings. The number of carboxylic acid groups (broad SMARTS) is 1. The van der Waals surface area contributed by atoms with E-state index < -0.39 is 17.3 Å². The predicted octanol–water partition coefficient (Wildman–Crippen LogP) is 2.03. The fraction of sp³-hybridized carbons (Fsp3) is 0.438. The van der Waals surface area contributed by atoms with E-state index in [1.807, 2.05) is 31.2 Å². The zero-order chi connectivity index (χ0) is 17.4. The highest BCUT2D eigenvalue weighted by atomic mass is 32.2. The molecule has 1 rings (SSSR count). The van der Waals surface area contributed by atoms with E-state index in [2.05, 4.69) is 10.6 Å². The van der Waals surface area contributed by atoms with Crippen molar-refractivity contribution in [2.45, 2.75) is 38.5 Å². The van der Waals surface area contributed by atoms with Gasteiger partial charge in [0, 0.05) is 5.69 Å². The standard InChI is InChI=1S/C16H22N2O4S/c1-4-13(16(21)22)18-15(20)11(3)23-9-14(19)17-12-7-5-10(2)6-8-12/h5-8,11,13H,4,9H2,1-3H3,(H,17,19)(H,18,20)(H,21,22). The maximum absolute atomic E-state index is 11.9. The third-order valence-electron chi connectivity index (χ3n) is 3.19. The van der Waals surface area contributed by atoms with E-state index in [0.29, 0.717) is 12.1 Å². The molecule has 7 heteroatoms. The van der Waals surface area contributed by atoms with Crippen molar-refractivity contribution in [2.24, 2.45) is 0 Å². The van der Waals surface area contributed by atoms with Gasteiger partial charge in [0.25, 0.3) is 0 Å². The molecular weight excluding hydrogens is 316 g/mol. The van der Waals surface area contributed by atoms with Crippen LogP contribution in [0, 0.1) is 6.92 Å². The molecule has 0 saturated heterocycles. The highest BCUT2D eigenvalue weighted by Gasteiger charge is 2.22. The van der Waals surface area contributed by atoms with Gasteiger partial charge in [-0.3, -0.25) is 9.59 Å². The summed E-state index contributed by atoms with van der Waals surface area (Å²) in [4.78, 5) is 34.6. The van der Waals surface area contributed by atoms with Crippen LogP contribution in [0.5, 0.6) is 0 Å². The summed E-state index contributed by atoms with van der Waals surface area (Å²) in [7, 11) is 0. The molecule has 1 aromatic rings. The Kier molecular flexibility index (Phi) is 7.61. The topological polar surface area (TPSA) is 95.5 Å². The minimum atomic E-state index is -1.06. The maximum Gasteiger partial charge on any atom is 0.326 e. The van der Waals surface area contributed by atoms with E-state index in [4.69, 9.17) is 5.11 Å². The maximum atomic E-state index is 11.9. The zero-order valence-electron chi connectivity index (χ0n) is 13.5. The number of hydrogen-bond acceptors (Lipinski definition) is 4. The van der Waals surface area contributed by atoms with Crippen molar-refractivity contribution in [1.29, 1.82) is 0 Å². The van der Waals surface area contributed by atoms with Gasteiger partial charge >= 0.3 is 5.97 Å². The Hall–Kier alpha value is -2.02. The number of carbonyl (C=O) groups excluding carboxylic acids is 2. The average molecular weight is 338 g/mol. The number of nitrogens with one attached hydrogen (secondary N) is 2. The molecule has 2 unspecified atom stereocenters. The molecule has 2 amide bonds. The molecular formula is C16H22N2O4S. The second-order valence-electron chi connectivity index (χ2n) is 5.18. The molecule has 0 aromatic heterocycles. The zero-order valence-corrected chi connectivity index (χ0v) is 14.3. The van der Waals surface area contributed by atoms with Crippen molar-refractivity contribution in [1.82, 2.24) is 5.32 Å². The first kappa shape index (κ1) is 19.0. The molecule has 0 radical (unpaired) electrons. The average Bonchev–Trinajstić information content (AvgIpc) is 2.51. The van der Waals surface area contributed by atoms with E-state index in [-0.39, 0.29) is 17.6 Å². The van der Waals surface area contributed by atoms with E-state index in [9.17, 15) is 14.4 Å². The Morgan fingerprint density at radius 1 is 1.22 bits per heavy atom. The minimum absolute atomic E-state index is 0.117. The lowest BCUT2D eigenvalue weighted by atomic mass is 10.2. The fourth-order valence-corrected chi connectivity index (χ4v) is 2.43. The third kappa shape index (κ3) is 6.73. The van der Waals surface area contributed by atoms with Crippen LogP contribution in [0.4, 0.5) is 5.69 Å². The lowest BCUT2D eigenvalue weighted by Crippen LogP contribution is -2.43.